The Labute approximate surface area is 77.8 Å². The first-order valence-electron chi connectivity index (χ1n) is 4.37. The number of rotatable bonds is 1. The molecule has 1 heterocycles. The molecule has 0 aromatic heterocycles. The molecule has 2 N–H and O–H groups in total. The Morgan fingerprint density at radius 3 is 2.69 bits per heavy atom. The molecule has 0 bridgehead atoms. The van der Waals surface area contributed by atoms with Gasteiger partial charge in [0.2, 0.25) is 0 Å². The number of hydrogen-bond donors (Lipinski definition) is 2. The highest BCUT2D eigenvalue weighted by Gasteiger charge is 2.34. The van der Waals surface area contributed by atoms with Crippen molar-refractivity contribution in [2.24, 2.45) is 0 Å². The van der Waals surface area contributed by atoms with Crippen LogP contribution in [0.2, 0.25) is 0 Å². The molecule has 0 aliphatic carbocycles. The summed E-state index contributed by atoms with van der Waals surface area (Å²) in [5, 5.41) is 18.2. The molecule has 3 nitrogen and oxygen atoms in total. The summed E-state index contributed by atoms with van der Waals surface area (Å²) in [6.07, 6.45) is 0.713. The van der Waals surface area contributed by atoms with E-state index in [4.69, 9.17) is 10.0 Å². The van der Waals surface area contributed by atoms with Crippen molar-refractivity contribution in [1.29, 1.82) is 0 Å². The van der Waals surface area contributed by atoms with Crippen molar-refractivity contribution in [3.63, 3.8) is 0 Å². The second-order valence-corrected chi connectivity index (χ2v) is 3.42. The van der Waals surface area contributed by atoms with Gasteiger partial charge in [-0.3, -0.25) is 0 Å². The minimum absolute atomic E-state index is 0.197. The van der Waals surface area contributed by atoms with Gasteiger partial charge < -0.3 is 14.9 Å². The number of fused-ring (bicyclic) bond motifs is 1. The lowest BCUT2D eigenvalue weighted by molar-refractivity contribution is 0.386. The summed E-state index contributed by atoms with van der Waals surface area (Å²) in [5.41, 5.74) is 2.28. The summed E-state index contributed by atoms with van der Waals surface area (Å²) in [6, 6.07) is 7.95. The summed E-state index contributed by atoms with van der Waals surface area (Å²) in [5.74, 6) is -0.197. The lowest BCUT2D eigenvalue weighted by atomic mass is 9.77. The topological polar surface area (TPSA) is 43.7 Å². The zero-order valence-corrected chi connectivity index (χ0v) is 7.51. The first-order valence-corrected chi connectivity index (χ1v) is 4.37. The molecule has 1 unspecified atom stereocenters. The SMILES string of the molecule is CN1c2ccccc2CC1B(O)O. The second-order valence-electron chi connectivity index (χ2n) is 3.42. The lowest BCUT2D eigenvalue weighted by Gasteiger charge is -2.21. The molecule has 1 aliphatic rings. The Bertz CT molecular complexity index is 316. The largest absolute Gasteiger partial charge is 0.475 e. The van der Waals surface area contributed by atoms with E-state index in [1.165, 1.54) is 5.56 Å². The number of nitrogens with zero attached hydrogens (tertiary/aromatic N) is 1. The highest BCUT2D eigenvalue weighted by atomic mass is 16.4. The van der Waals surface area contributed by atoms with E-state index in [-0.39, 0.29) is 5.94 Å². The minimum atomic E-state index is -1.27. The molecular formula is C9H12BNO2. The van der Waals surface area contributed by atoms with Crippen molar-refractivity contribution in [2.45, 2.75) is 12.4 Å². The van der Waals surface area contributed by atoms with Crippen LogP contribution in [0.5, 0.6) is 0 Å². The van der Waals surface area contributed by atoms with E-state index in [1.54, 1.807) is 0 Å². The Balaban J connectivity index is 2.32. The fourth-order valence-corrected chi connectivity index (χ4v) is 1.87. The molecule has 0 radical (unpaired) electrons. The predicted octanol–water partition coefficient (Wildman–Crippen LogP) is 0.0595. The van der Waals surface area contributed by atoms with E-state index < -0.39 is 7.12 Å². The Kier molecular flexibility index (Phi) is 2.02. The van der Waals surface area contributed by atoms with Crippen molar-refractivity contribution < 1.29 is 10.0 Å². The summed E-state index contributed by atoms with van der Waals surface area (Å²) >= 11 is 0. The highest BCUT2D eigenvalue weighted by molar-refractivity contribution is 6.44. The standard InChI is InChI=1S/C9H12BNO2/c1-11-8-5-3-2-4-7(8)6-9(11)10(12)13/h2-5,9,12-13H,6H2,1H3. The van der Waals surface area contributed by atoms with Gasteiger partial charge in [-0.1, -0.05) is 18.2 Å². The van der Waals surface area contributed by atoms with Crippen molar-refractivity contribution in [2.75, 3.05) is 11.9 Å². The van der Waals surface area contributed by atoms with E-state index in [9.17, 15) is 0 Å². The molecule has 1 atom stereocenters. The normalized spacial score (nSPS) is 20.2. The molecule has 1 aromatic carbocycles. The fraction of sp³-hybridized carbons (Fsp3) is 0.333. The minimum Gasteiger partial charge on any atom is -0.426 e. The molecule has 2 rings (SSSR count). The van der Waals surface area contributed by atoms with Crippen molar-refractivity contribution in [3.05, 3.63) is 29.8 Å². The average Bonchev–Trinajstić information content (AvgIpc) is 2.45. The molecule has 0 fully saturated rings. The quantitative estimate of drug-likeness (QED) is 0.596. The van der Waals surface area contributed by atoms with Gasteiger partial charge in [0.05, 0.1) is 5.94 Å². The van der Waals surface area contributed by atoms with E-state index in [0.717, 1.165) is 5.69 Å². The Morgan fingerprint density at radius 1 is 1.38 bits per heavy atom. The number of anilines is 1. The maximum atomic E-state index is 9.11. The molecule has 0 spiro atoms. The number of benzene rings is 1. The second kappa shape index (κ2) is 3.05. The van der Waals surface area contributed by atoms with Gasteiger partial charge in [0.15, 0.2) is 0 Å². The van der Waals surface area contributed by atoms with E-state index >= 15 is 0 Å². The zero-order chi connectivity index (χ0) is 9.42. The molecule has 68 valence electrons. The Morgan fingerprint density at radius 2 is 2.08 bits per heavy atom. The molecule has 4 heteroatoms. The van der Waals surface area contributed by atoms with Crippen LogP contribution in [0, 0.1) is 0 Å². The maximum Gasteiger partial charge on any atom is 0.475 e. The third-order valence-corrected chi connectivity index (χ3v) is 2.64. The van der Waals surface area contributed by atoms with Crippen molar-refractivity contribution in [1.82, 2.24) is 0 Å². The highest BCUT2D eigenvalue weighted by Crippen LogP contribution is 2.30. The fourth-order valence-electron chi connectivity index (χ4n) is 1.87. The molecular weight excluding hydrogens is 165 g/mol. The summed E-state index contributed by atoms with van der Waals surface area (Å²) < 4.78 is 0. The number of likely N-dealkylation sites (N-methyl/N-ethyl adjacent to an activating group) is 1. The summed E-state index contributed by atoms with van der Waals surface area (Å²) in [4.78, 5) is 1.92. The van der Waals surface area contributed by atoms with E-state index in [0.29, 0.717) is 6.42 Å². The third-order valence-electron chi connectivity index (χ3n) is 2.64. The van der Waals surface area contributed by atoms with Gasteiger partial charge in [-0.25, -0.2) is 0 Å². The summed E-state index contributed by atoms with van der Waals surface area (Å²) in [7, 11) is 0.619. The van der Waals surface area contributed by atoms with Crippen LogP contribution in [0.15, 0.2) is 24.3 Å². The van der Waals surface area contributed by atoms with Gasteiger partial charge in [0, 0.05) is 12.7 Å². The van der Waals surface area contributed by atoms with Gasteiger partial charge in [-0.05, 0) is 18.1 Å². The van der Waals surface area contributed by atoms with Crippen LogP contribution in [-0.2, 0) is 6.42 Å². The first-order chi connectivity index (χ1) is 6.20. The molecule has 0 amide bonds. The predicted molar refractivity (Wildman–Crippen MR) is 52.5 cm³/mol. The number of para-hydroxylation sites is 1. The molecule has 1 aromatic rings. The van der Waals surface area contributed by atoms with Gasteiger partial charge in [-0.2, -0.15) is 0 Å². The van der Waals surface area contributed by atoms with Gasteiger partial charge in [0.25, 0.3) is 0 Å². The molecule has 1 aliphatic heterocycles. The van der Waals surface area contributed by atoms with Gasteiger partial charge >= 0.3 is 7.12 Å². The van der Waals surface area contributed by atoms with E-state index in [2.05, 4.69) is 0 Å². The van der Waals surface area contributed by atoms with Crippen LogP contribution in [0.25, 0.3) is 0 Å². The van der Waals surface area contributed by atoms with Crippen molar-refractivity contribution in [3.8, 4) is 0 Å². The monoisotopic (exact) mass is 177 g/mol. The maximum absolute atomic E-state index is 9.11. The van der Waals surface area contributed by atoms with Crippen LogP contribution in [0.4, 0.5) is 5.69 Å². The van der Waals surface area contributed by atoms with Gasteiger partial charge in [0.1, 0.15) is 0 Å². The number of hydrogen-bond acceptors (Lipinski definition) is 3. The molecule has 0 saturated heterocycles. The van der Waals surface area contributed by atoms with Crippen LogP contribution in [0.3, 0.4) is 0 Å². The molecule has 0 saturated carbocycles. The molecule has 13 heavy (non-hydrogen) atoms. The van der Waals surface area contributed by atoms with Crippen LogP contribution in [-0.4, -0.2) is 30.2 Å². The zero-order valence-electron chi connectivity index (χ0n) is 7.51. The average molecular weight is 177 g/mol. The lowest BCUT2D eigenvalue weighted by Crippen LogP contribution is -2.42. The van der Waals surface area contributed by atoms with Crippen LogP contribution >= 0.6 is 0 Å². The van der Waals surface area contributed by atoms with Gasteiger partial charge in [-0.15, -0.1) is 0 Å². The van der Waals surface area contributed by atoms with Crippen molar-refractivity contribution >= 4 is 12.8 Å². The van der Waals surface area contributed by atoms with E-state index in [1.807, 2.05) is 36.2 Å². The smallest absolute Gasteiger partial charge is 0.426 e. The summed E-state index contributed by atoms with van der Waals surface area (Å²) in [6.45, 7) is 0. The van der Waals surface area contributed by atoms with Crippen LogP contribution in [0.1, 0.15) is 5.56 Å². The first kappa shape index (κ1) is 8.60. The Hall–Kier alpha value is -0.995. The third kappa shape index (κ3) is 1.32. The van der Waals surface area contributed by atoms with Crippen LogP contribution < -0.4 is 4.90 Å².